The van der Waals surface area contributed by atoms with E-state index in [0.717, 1.165) is 16.6 Å². The number of Topliss-reactive ketones (excluding diaryl/α,β-unsaturated/α-hetero) is 1. The van der Waals surface area contributed by atoms with Gasteiger partial charge in [0.2, 0.25) is 0 Å². The summed E-state index contributed by atoms with van der Waals surface area (Å²) < 4.78 is 19.1. The van der Waals surface area contributed by atoms with E-state index in [1.54, 1.807) is 60.3 Å². The molecule has 1 aromatic heterocycles. The molecule has 0 atom stereocenters. The van der Waals surface area contributed by atoms with Crippen LogP contribution in [0.25, 0.3) is 16.6 Å². The highest BCUT2D eigenvalue weighted by molar-refractivity contribution is 7.98. The number of allylic oxidation sites excluding steroid dienone is 1. The van der Waals surface area contributed by atoms with Crippen LogP contribution in [0.2, 0.25) is 0 Å². The van der Waals surface area contributed by atoms with Crippen molar-refractivity contribution in [3.8, 4) is 11.5 Å². The van der Waals surface area contributed by atoms with E-state index in [1.807, 2.05) is 18.4 Å². The van der Waals surface area contributed by atoms with Crippen molar-refractivity contribution >= 4 is 51.8 Å². The zero-order chi connectivity index (χ0) is 24.9. The van der Waals surface area contributed by atoms with Gasteiger partial charge in [0.05, 0.1) is 31.5 Å². The first-order valence-electron chi connectivity index (χ1n) is 10.5. The standard InChI is InChI=1S/C26H22N2O5S2/c1-32-22-11-4-15(13-23(22)33-2)12-19(25(29)16-5-8-18(34-3)9-6-16)24(26(30)31)17-7-10-20-21(14-17)28-35-27-20/h4-11,13-14H,12H2,1-3H3,(H,30,31). The van der Waals surface area contributed by atoms with E-state index in [2.05, 4.69) is 8.75 Å². The summed E-state index contributed by atoms with van der Waals surface area (Å²) in [7, 11) is 3.06. The van der Waals surface area contributed by atoms with Crippen LogP contribution in [-0.4, -0.2) is 46.1 Å². The number of ether oxygens (including phenoxy) is 2. The molecule has 9 heteroatoms. The van der Waals surface area contributed by atoms with Gasteiger partial charge in [0, 0.05) is 22.5 Å². The molecule has 0 unspecified atom stereocenters. The Hall–Kier alpha value is -3.69. The van der Waals surface area contributed by atoms with Gasteiger partial charge < -0.3 is 14.6 Å². The molecule has 0 saturated carbocycles. The molecule has 1 N–H and O–H groups in total. The Kier molecular flexibility index (Phi) is 7.48. The minimum atomic E-state index is -1.20. The highest BCUT2D eigenvalue weighted by Crippen LogP contribution is 2.32. The lowest BCUT2D eigenvalue weighted by molar-refractivity contribution is -0.130. The van der Waals surface area contributed by atoms with Crippen LogP contribution in [0.5, 0.6) is 11.5 Å². The second-order valence-electron chi connectivity index (χ2n) is 7.55. The fourth-order valence-electron chi connectivity index (χ4n) is 3.76. The first-order valence-corrected chi connectivity index (χ1v) is 12.5. The van der Waals surface area contributed by atoms with E-state index >= 15 is 0 Å². The molecule has 0 radical (unpaired) electrons. The summed E-state index contributed by atoms with van der Waals surface area (Å²) in [5.74, 6) is -0.521. The lowest BCUT2D eigenvalue weighted by Gasteiger charge is -2.15. The lowest BCUT2D eigenvalue weighted by atomic mass is 9.89. The van der Waals surface area contributed by atoms with Crippen LogP contribution in [0.4, 0.5) is 0 Å². The quantitative estimate of drug-likeness (QED) is 0.183. The molecule has 178 valence electrons. The van der Waals surface area contributed by atoms with Crippen molar-refractivity contribution in [2.75, 3.05) is 20.5 Å². The Balaban J connectivity index is 1.89. The Bertz CT molecular complexity index is 1430. The van der Waals surface area contributed by atoms with E-state index < -0.39 is 5.97 Å². The molecule has 1 heterocycles. The zero-order valence-electron chi connectivity index (χ0n) is 19.3. The number of hydrogen-bond acceptors (Lipinski definition) is 8. The van der Waals surface area contributed by atoms with Gasteiger partial charge in [-0.1, -0.05) is 12.1 Å². The number of nitrogens with zero attached hydrogens (tertiary/aromatic N) is 2. The average molecular weight is 507 g/mol. The average Bonchev–Trinajstić information content (AvgIpc) is 3.35. The molecule has 35 heavy (non-hydrogen) atoms. The van der Waals surface area contributed by atoms with E-state index in [9.17, 15) is 14.7 Å². The number of thioether (sulfide) groups is 1. The second-order valence-corrected chi connectivity index (χ2v) is 8.96. The molecule has 4 rings (SSSR count). The number of fused-ring (bicyclic) bond motifs is 1. The SMILES string of the molecule is COc1ccc(CC(C(=O)c2ccc(SC)cc2)=C(C(=O)O)c2ccc3nsnc3c2)cc1OC. The maximum Gasteiger partial charge on any atom is 0.336 e. The van der Waals surface area contributed by atoms with Gasteiger partial charge in [0.15, 0.2) is 17.3 Å². The number of benzene rings is 3. The highest BCUT2D eigenvalue weighted by Gasteiger charge is 2.25. The Morgan fingerprint density at radius 2 is 1.57 bits per heavy atom. The number of carboxylic acids is 1. The number of carbonyl (C=O) groups excluding carboxylic acids is 1. The Morgan fingerprint density at radius 1 is 0.886 bits per heavy atom. The number of aromatic nitrogens is 2. The van der Waals surface area contributed by atoms with Crippen molar-refractivity contribution in [2.45, 2.75) is 11.3 Å². The third kappa shape index (κ3) is 5.21. The first-order chi connectivity index (χ1) is 16.9. The minimum Gasteiger partial charge on any atom is -0.493 e. The van der Waals surface area contributed by atoms with Gasteiger partial charge in [-0.05, 0) is 65.9 Å². The molecule has 0 bridgehead atoms. The molecule has 0 saturated heterocycles. The lowest BCUT2D eigenvalue weighted by Crippen LogP contribution is -2.14. The summed E-state index contributed by atoms with van der Waals surface area (Å²) in [6.45, 7) is 0. The van der Waals surface area contributed by atoms with Gasteiger partial charge in [0.25, 0.3) is 0 Å². The van der Waals surface area contributed by atoms with Gasteiger partial charge in [0.1, 0.15) is 11.0 Å². The van der Waals surface area contributed by atoms with Crippen LogP contribution in [0.3, 0.4) is 0 Å². The maximum absolute atomic E-state index is 13.7. The Morgan fingerprint density at radius 3 is 2.23 bits per heavy atom. The number of methoxy groups -OCH3 is 2. The van der Waals surface area contributed by atoms with Gasteiger partial charge >= 0.3 is 5.97 Å². The molecule has 7 nitrogen and oxygen atoms in total. The molecule has 0 aliphatic rings. The van der Waals surface area contributed by atoms with Crippen molar-refractivity contribution in [1.29, 1.82) is 0 Å². The van der Waals surface area contributed by atoms with Crippen molar-refractivity contribution in [1.82, 2.24) is 8.75 Å². The number of carboxylic acid groups (broad SMARTS) is 1. The second kappa shape index (κ2) is 10.7. The zero-order valence-corrected chi connectivity index (χ0v) is 20.9. The number of ketones is 1. The van der Waals surface area contributed by atoms with Gasteiger partial charge in [-0.25, -0.2) is 4.79 Å². The number of carbonyl (C=O) groups is 2. The molecule has 0 spiro atoms. The highest BCUT2D eigenvalue weighted by atomic mass is 32.2. The largest absolute Gasteiger partial charge is 0.493 e. The summed E-state index contributed by atoms with van der Waals surface area (Å²) in [4.78, 5) is 27.3. The van der Waals surface area contributed by atoms with Crippen LogP contribution in [0.1, 0.15) is 21.5 Å². The van der Waals surface area contributed by atoms with Crippen LogP contribution >= 0.6 is 23.5 Å². The van der Waals surface area contributed by atoms with Crippen molar-refractivity contribution in [3.63, 3.8) is 0 Å². The molecule has 4 aromatic rings. The van der Waals surface area contributed by atoms with Gasteiger partial charge in [-0.3, -0.25) is 4.79 Å². The minimum absolute atomic E-state index is 0.0753. The molecule has 0 aliphatic carbocycles. The Labute approximate surface area is 210 Å². The van der Waals surface area contributed by atoms with Gasteiger partial charge in [-0.15, -0.1) is 11.8 Å². The van der Waals surface area contributed by atoms with Crippen LogP contribution in [-0.2, 0) is 11.2 Å². The van der Waals surface area contributed by atoms with Crippen LogP contribution < -0.4 is 9.47 Å². The third-order valence-electron chi connectivity index (χ3n) is 5.51. The van der Waals surface area contributed by atoms with E-state index in [0.29, 0.717) is 39.2 Å². The molecule has 0 fully saturated rings. The molecule has 0 amide bonds. The molecular formula is C26H22N2O5S2. The summed E-state index contributed by atoms with van der Waals surface area (Å²) in [6, 6.07) is 17.4. The van der Waals surface area contributed by atoms with Gasteiger partial charge in [-0.2, -0.15) is 8.75 Å². The molecule has 0 aliphatic heterocycles. The van der Waals surface area contributed by atoms with Crippen LogP contribution in [0.15, 0.2) is 71.1 Å². The number of hydrogen-bond donors (Lipinski definition) is 1. The molecular weight excluding hydrogens is 484 g/mol. The van der Waals surface area contributed by atoms with Crippen LogP contribution in [0, 0.1) is 0 Å². The number of rotatable bonds is 9. The predicted molar refractivity (Wildman–Crippen MR) is 138 cm³/mol. The number of aliphatic carboxylic acids is 1. The van der Waals surface area contributed by atoms with Crippen molar-refractivity contribution < 1.29 is 24.2 Å². The monoisotopic (exact) mass is 506 g/mol. The van der Waals surface area contributed by atoms with E-state index in [1.165, 1.54) is 14.2 Å². The fraction of sp³-hybridized carbons (Fsp3) is 0.154. The van der Waals surface area contributed by atoms with Crippen molar-refractivity contribution in [3.05, 3.63) is 82.9 Å². The summed E-state index contributed by atoms with van der Waals surface area (Å²) >= 11 is 2.61. The summed E-state index contributed by atoms with van der Waals surface area (Å²) in [5.41, 5.74) is 2.84. The van der Waals surface area contributed by atoms with E-state index in [4.69, 9.17) is 9.47 Å². The smallest absolute Gasteiger partial charge is 0.336 e. The predicted octanol–water partition coefficient (Wildman–Crippen LogP) is 5.39. The topological polar surface area (TPSA) is 98.6 Å². The van der Waals surface area contributed by atoms with E-state index in [-0.39, 0.29) is 23.4 Å². The third-order valence-corrected chi connectivity index (χ3v) is 6.81. The summed E-state index contributed by atoms with van der Waals surface area (Å²) in [5, 5.41) is 10.3. The normalized spacial score (nSPS) is 11.7. The molecule has 3 aromatic carbocycles. The maximum atomic E-state index is 13.7. The fourth-order valence-corrected chi connectivity index (χ4v) is 4.68. The first kappa shape index (κ1) is 24.4. The van der Waals surface area contributed by atoms with Crippen molar-refractivity contribution in [2.24, 2.45) is 0 Å². The summed E-state index contributed by atoms with van der Waals surface area (Å²) in [6.07, 6.45) is 2.03.